The summed E-state index contributed by atoms with van der Waals surface area (Å²) in [4.78, 5) is 16.4. The molecule has 0 aromatic carbocycles. The molecule has 0 saturated heterocycles. The van der Waals surface area contributed by atoms with Crippen LogP contribution in [0.4, 0.5) is 0 Å². The molecular weight excluding hydrogens is 493 g/mol. The van der Waals surface area contributed by atoms with E-state index in [1.54, 1.807) is 6.20 Å². The van der Waals surface area contributed by atoms with Gasteiger partial charge in [0.2, 0.25) is 0 Å². The van der Waals surface area contributed by atoms with E-state index in [-0.39, 0.29) is 56.4 Å². The summed E-state index contributed by atoms with van der Waals surface area (Å²) in [6, 6.07) is 8.19. The molecule has 185 valence electrons. The molecule has 3 aromatic heterocycles. The Labute approximate surface area is 234 Å². The third-order valence-corrected chi connectivity index (χ3v) is 4.84. The molecule has 0 fully saturated rings. The van der Waals surface area contributed by atoms with Crippen molar-refractivity contribution in [3.05, 3.63) is 83.5 Å². The molecule has 0 spiro atoms. The first-order chi connectivity index (χ1) is 14.6. The van der Waals surface area contributed by atoms with E-state index in [1.165, 1.54) is 11.1 Å². The maximum atomic E-state index is 4.25. The third-order valence-electron chi connectivity index (χ3n) is 4.84. The minimum Gasteiger partial charge on any atom is -0.394 e. The molecule has 5 heteroatoms. The molecular formula is C29H45N4Y-. The first-order valence-electron chi connectivity index (χ1n) is 11.2. The van der Waals surface area contributed by atoms with Crippen LogP contribution < -0.4 is 0 Å². The Morgan fingerprint density at radius 1 is 0.647 bits per heavy atom. The van der Waals surface area contributed by atoms with E-state index in [0.717, 1.165) is 17.1 Å². The second kappa shape index (κ2) is 14.8. The van der Waals surface area contributed by atoms with Gasteiger partial charge in [-0.05, 0) is 47.3 Å². The Balaban J connectivity index is 0. The van der Waals surface area contributed by atoms with Gasteiger partial charge in [-0.15, -0.1) is 5.56 Å². The molecule has 0 amide bonds. The van der Waals surface area contributed by atoms with Gasteiger partial charge in [-0.2, -0.15) is 12.1 Å². The van der Waals surface area contributed by atoms with Crippen molar-refractivity contribution < 1.29 is 32.7 Å². The zero-order chi connectivity index (χ0) is 24.6. The first kappa shape index (κ1) is 34.7. The minimum absolute atomic E-state index is 0. The zero-order valence-electron chi connectivity index (χ0n) is 22.5. The van der Waals surface area contributed by atoms with Gasteiger partial charge in [-0.3, -0.25) is 4.98 Å². The number of nitrogens with zero attached hydrogens (tertiary/aromatic N) is 4. The maximum Gasteiger partial charge on any atom is 0.125 e. The van der Waals surface area contributed by atoms with Crippen molar-refractivity contribution in [2.75, 3.05) is 0 Å². The van der Waals surface area contributed by atoms with Crippen molar-refractivity contribution in [1.29, 1.82) is 0 Å². The average Bonchev–Trinajstić information content (AvgIpc) is 2.68. The molecule has 4 nitrogen and oxygen atoms in total. The van der Waals surface area contributed by atoms with Crippen molar-refractivity contribution in [2.45, 2.75) is 99.8 Å². The molecule has 0 aliphatic heterocycles. The standard InChI is InChI=1S/C10H15N.C9H14N2.C9H12N.CH4.Y/c1-8-5-6-9(7-11-8)10(2,3)4;1-7-10-5-8(6-11-7)9(2,3)4;1-9(2,3)8-5-4-6-10-7-8;;/h5-7H,1-4H3;5-6H,1-4H3;4-6H,1-3H3;1H4;/q;;-1;;. The Bertz CT molecular complexity index is 860. The molecule has 0 bridgehead atoms. The molecule has 34 heavy (non-hydrogen) atoms. The number of pyridine rings is 2. The summed E-state index contributed by atoms with van der Waals surface area (Å²) < 4.78 is 0. The van der Waals surface area contributed by atoms with Crippen molar-refractivity contribution in [1.82, 2.24) is 19.9 Å². The number of aryl methyl sites for hydroxylation is 2. The molecule has 0 aliphatic rings. The zero-order valence-corrected chi connectivity index (χ0v) is 25.3. The fraction of sp³-hybridized carbons (Fsp3) is 0.517. The van der Waals surface area contributed by atoms with Gasteiger partial charge < -0.3 is 4.98 Å². The average molecular weight is 539 g/mol. The van der Waals surface area contributed by atoms with Gasteiger partial charge in [-0.25, -0.2) is 9.97 Å². The summed E-state index contributed by atoms with van der Waals surface area (Å²) in [5.74, 6) is 0.831. The normalized spacial score (nSPS) is 10.9. The van der Waals surface area contributed by atoms with Gasteiger partial charge in [0.15, 0.2) is 0 Å². The van der Waals surface area contributed by atoms with Crippen molar-refractivity contribution >= 4 is 0 Å². The van der Waals surface area contributed by atoms with Crippen LogP contribution in [0.15, 0.2) is 49.1 Å². The molecule has 3 rings (SSSR count). The van der Waals surface area contributed by atoms with Crippen molar-refractivity contribution in [3.8, 4) is 0 Å². The Morgan fingerprint density at radius 2 is 1.15 bits per heavy atom. The summed E-state index contributed by atoms with van der Waals surface area (Å²) in [6.07, 6.45) is 10.4. The Hall–Kier alpha value is -1.52. The predicted molar refractivity (Wildman–Crippen MR) is 142 cm³/mol. The van der Waals surface area contributed by atoms with Crippen LogP contribution in [0.2, 0.25) is 0 Å². The van der Waals surface area contributed by atoms with Gasteiger partial charge in [0, 0.05) is 57.0 Å². The SMILES string of the molecule is C.CC(C)(C)c1[c-]nccc1.Cc1ccc(C(C)(C)C)cn1.Cc1ncc(C(C)(C)C)cn1.[Y]. The molecule has 3 heterocycles. The van der Waals surface area contributed by atoms with E-state index in [4.69, 9.17) is 0 Å². The smallest absolute Gasteiger partial charge is 0.125 e. The number of rotatable bonds is 0. The maximum absolute atomic E-state index is 4.25. The van der Waals surface area contributed by atoms with Crippen LogP contribution in [-0.2, 0) is 49.0 Å². The molecule has 0 N–H and O–H groups in total. The monoisotopic (exact) mass is 538 g/mol. The van der Waals surface area contributed by atoms with Gasteiger partial charge in [0.1, 0.15) is 5.82 Å². The van der Waals surface area contributed by atoms with Crippen LogP contribution in [0.3, 0.4) is 0 Å². The van der Waals surface area contributed by atoms with Crippen molar-refractivity contribution in [2.24, 2.45) is 0 Å². The predicted octanol–water partition coefficient (Wildman–Crippen LogP) is 7.58. The quantitative estimate of drug-likeness (QED) is 0.277. The fourth-order valence-electron chi connectivity index (χ4n) is 2.44. The van der Waals surface area contributed by atoms with E-state index in [2.05, 4.69) is 101 Å². The number of aromatic nitrogens is 4. The Morgan fingerprint density at radius 3 is 1.47 bits per heavy atom. The van der Waals surface area contributed by atoms with Gasteiger partial charge in [0.25, 0.3) is 0 Å². The fourth-order valence-corrected chi connectivity index (χ4v) is 2.44. The Kier molecular flexibility index (Phi) is 15.1. The van der Waals surface area contributed by atoms with Crippen LogP contribution in [0.1, 0.15) is 97.9 Å². The van der Waals surface area contributed by atoms with E-state index in [1.807, 2.05) is 44.6 Å². The van der Waals surface area contributed by atoms with Crippen LogP contribution >= 0.6 is 0 Å². The van der Waals surface area contributed by atoms with Gasteiger partial charge in [0.05, 0.1) is 0 Å². The summed E-state index contributed by atoms with van der Waals surface area (Å²) in [7, 11) is 0. The molecule has 0 atom stereocenters. The minimum atomic E-state index is 0. The third kappa shape index (κ3) is 13.4. The van der Waals surface area contributed by atoms with Gasteiger partial charge in [-0.1, -0.05) is 88.2 Å². The number of hydrogen-bond acceptors (Lipinski definition) is 4. The molecule has 0 aliphatic carbocycles. The summed E-state index contributed by atoms with van der Waals surface area (Å²) in [5, 5.41) is 0. The summed E-state index contributed by atoms with van der Waals surface area (Å²) >= 11 is 0. The number of hydrogen-bond donors (Lipinski definition) is 0. The molecule has 3 aromatic rings. The van der Waals surface area contributed by atoms with Crippen LogP contribution in [-0.4, -0.2) is 19.9 Å². The molecule has 1 radical (unpaired) electrons. The molecule has 0 saturated carbocycles. The largest absolute Gasteiger partial charge is 0.394 e. The van der Waals surface area contributed by atoms with Gasteiger partial charge >= 0.3 is 0 Å². The van der Waals surface area contributed by atoms with E-state index in [0.29, 0.717) is 0 Å². The summed E-state index contributed by atoms with van der Waals surface area (Å²) in [6.45, 7) is 23.4. The topological polar surface area (TPSA) is 51.6 Å². The second-order valence-corrected chi connectivity index (χ2v) is 11.1. The summed E-state index contributed by atoms with van der Waals surface area (Å²) in [5.41, 5.74) is 5.28. The first-order valence-corrected chi connectivity index (χ1v) is 11.2. The van der Waals surface area contributed by atoms with E-state index < -0.39 is 0 Å². The van der Waals surface area contributed by atoms with Crippen molar-refractivity contribution in [3.63, 3.8) is 0 Å². The van der Waals surface area contributed by atoms with Crippen LogP contribution in [0.25, 0.3) is 0 Å². The second-order valence-electron chi connectivity index (χ2n) is 11.1. The van der Waals surface area contributed by atoms with Crippen LogP contribution in [0, 0.1) is 20.0 Å². The van der Waals surface area contributed by atoms with E-state index in [9.17, 15) is 0 Å². The van der Waals surface area contributed by atoms with Crippen LogP contribution in [0.5, 0.6) is 0 Å². The molecule has 0 unspecified atom stereocenters. The van der Waals surface area contributed by atoms with E-state index >= 15 is 0 Å².